The van der Waals surface area contributed by atoms with Gasteiger partial charge in [-0.3, -0.25) is 10.1 Å². The second-order valence-electron chi connectivity index (χ2n) is 7.32. The monoisotopic (exact) mass is 452 g/mol. The number of carbonyl (C=O) groups is 1. The number of carbonyl (C=O) groups excluding carboxylic acids is 1. The van der Waals surface area contributed by atoms with Gasteiger partial charge in [0.15, 0.2) is 5.11 Å². The van der Waals surface area contributed by atoms with Gasteiger partial charge in [-0.25, -0.2) is 4.68 Å². The summed E-state index contributed by atoms with van der Waals surface area (Å²) in [6.45, 7) is 8.06. The maximum Gasteiger partial charge on any atom is 0.261 e. The molecular formula is C24H30N5O2S+. The molecule has 0 fully saturated rings. The SMILES string of the molecule is CC[NH+](CC)CCNC(=S)NC(=O)c1cn(-c2ccccc2)nc1-c1ccc(OC)cc1. The van der Waals surface area contributed by atoms with E-state index in [0.29, 0.717) is 22.9 Å². The fraction of sp³-hybridized carbons (Fsp3) is 0.292. The van der Waals surface area contributed by atoms with Crippen LogP contribution in [0.5, 0.6) is 5.75 Å². The molecule has 7 nitrogen and oxygen atoms in total. The number of aromatic nitrogens is 2. The number of thiocarbonyl (C=S) groups is 1. The van der Waals surface area contributed by atoms with E-state index in [0.717, 1.165) is 36.6 Å². The molecule has 3 aromatic rings. The quantitative estimate of drug-likeness (QED) is 0.434. The largest absolute Gasteiger partial charge is 0.497 e. The van der Waals surface area contributed by atoms with Crippen molar-refractivity contribution in [3.8, 4) is 22.7 Å². The van der Waals surface area contributed by atoms with E-state index in [9.17, 15) is 4.79 Å². The average Bonchev–Trinajstić information content (AvgIpc) is 3.28. The van der Waals surface area contributed by atoms with Crippen LogP contribution in [-0.2, 0) is 0 Å². The molecule has 32 heavy (non-hydrogen) atoms. The summed E-state index contributed by atoms with van der Waals surface area (Å²) in [4.78, 5) is 14.6. The summed E-state index contributed by atoms with van der Waals surface area (Å²) in [5, 5.41) is 10.9. The third-order valence-corrected chi connectivity index (χ3v) is 5.58. The Balaban J connectivity index is 1.81. The molecular weight excluding hydrogens is 422 g/mol. The first kappa shape index (κ1) is 23.4. The predicted molar refractivity (Wildman–Crippen MR) is 131 cm³/mol. The summed E-state index contributed by atoms with van der Waals surface area (Å²) in [6, 6.07) is 17.1. The van der Waals surface area contributed by atoms with Gasteiger partial charge < -0.3 is 15.0 Å². The van der Waals surface area contributed by atoms with Crippen LogP contribution in [0.4, 0.5) is 0 Å². The first-order valence-corrected chi connectivity index (χ1v) is 11.2. The minimum atomic E-state index is -0.300. The predicted octanol–water partition coefficient (Wildman–Crippen LogP) is 2.08. The van der Waals surface area contributed by atoms with Gasteiger partial charge in [0.2, 0.25) is 0 Å². The fourth-order valence-electron chi connectivity index (χ4n) is 3.39. The number of nitrogens with zero attached hydrogens (tertiary/aromatic N) is 2. The number of amides is 1. The second kappa shape index (κ2) is 11.4. The van der Waals surface area contributed by atoms with E-state index < -0.39 is 0 Å². The first-order chi connectivity index (χ1) is 15.5. The summed E-state index contributed by atoms with van der Waals surface area (Å²) in [6.07, 6.45) is 1.73. The molecule has 0 saturated heterocycles. The van der Waals surface area contributed by atoms with Crippen molar-refractivity contribution >= 4 is 23.2 Å². The number of para-hydroxylation sites is 1. The van der Waals surface area contributed by atoms with Crippen LogP contribution in [0.15, 0.2) is 60.8 Å². The summed E-state index contributed by atoms with van der Waals surface area (Å²) in [7, 11) is 1.62. The number of hydrogen-bond donors (Lipinski definition) is 3. The normalized spacial score (nSPS) is 10.8. The minimum absolute atomic E-state index is 0.300. The van der Waals surface area contributed by atoms with Crippen LogP contribution in [0.1, 0.15) is 24.2 Å². The van der Waals surface area contributed by atoms with E-state index in [1.807, 2.05) is 54.6 Å². The van der Waals surface area contributed by atoms with Crippen LogP contribution in [0.2, 0.25) is 0 Å². The topological polar surface area (TPSA) is 72.6 Å². The Hall–Kier alpha value is -3.23. The van der Waals surface area contributed by atoms with E-state index in [-0.39, 0.29) is 5.91 Å². The Morgan fingerprint density at radius 1 is 1.09 bits per heavy atom. The number of likely N-dealkylation sites (N-methyl/N-ethyl adjacent to an activating group) is 1. The maximum atomic E-state index is 13.1. The molecule has 1 aromatic heterocycles. The van der Waals surface area contributed by atoms with Gasteiger partial charge in [0.25, 0.3) is 5.91 Å². The Labute approximate surface area is 194 Å². The lowest BCUT2D eigenvalue weighted by molar-refractivity contribution is -0.895. The first-order valence-electron chi connectivity index (χ1n) is 10.8. The molecule has 2 aromatic carbocycles. The molecule has 0 aliphatic rings. The number of ether oxygens (including phenoxy) is 1. The third-order valence-electron chi connectivity index (χ3n) is 5.33. The molecule has 3 rings (SSSR count). The van der Waals surface area contributed by atoms with Crippen molar-refractivity contribution in [3.63, 3.8) is 0 Å². The molecule has 168 valence electrons. The number of quaternary nitrogens is 1. The number of hydrogen-bond acceptors (Lipinski definition) is 4. The van der Waals surface area contributed by atoms with Crippen molar-refractivity contribution in [2.75, 3.05) is 33.3 Å². The zero-order valence-electron chi connectivity index (χ0n) is 18.7. The lowest BCUT2D eigenvalue weighted by Gasteiger charge is -2.16. The van der Waals surface area contributed by atoms with E-state index >= 15 is 0 Å². The smallest absolute Gasteiger partial charge is 0.261 e. The van der Waals surface area contributed by atoms with E-state index in [2.05, 4.69) is 24.5 Å². The molecule has 3 N–H and O–H groups in total. The second-order valence-corrected chi connectivity index (χ2v) is 7.73. The molecule has 0 radical (unpaired) electrons. The highest BCUT2D eigenvalue weighted by Crippen LogP contribution is 2.25. The molecule has 1 amide bonds. The van der Waals surface area contributed by atoms with Crippen molar-refractivity contribution in [3.05, 3.63) is 66.4 Å². The van der Waals surface area contributed by atoms with Gasteiger partial charge in [-0.05, 0) is 62.5 Å². The molecule has 0 bridgehead atoms. The lowest BCUT2D eigenvalue weighted by atomic mass is 10.1. The highest BCUT2D eigenvalue weighted by atomic mass is 32.1. The van der Waals surface area contributed by atoms with Crippen LogP contribution < -0.4 is 20.3 Å². The number of rotatable bonds is 9. The summed E-state index contributed by atoms with van der Waals surface area (Å²) in [5.41, 5.74) is 2.70. The van der Waals surface area contributed by atoms with Crippen LogP contribution >= 0.6 is 12.2 Å². The van der Waals surface area contributed by atoms with Crippen molar-refractivity contribution in [2.45, 2.75) is 13.8 Å². The molecule has 0 atom stereocenters. The Kier molecular flexibility index (Phi) is 8.35. The van der Waals surface area contributed by atoms with Crippen molar-refractivity contribution in [1.82, 2.24) is 20.4 Å². The standard InChI is InChI=1S/C24H29N5O2S/c1-4-28(5-2)16-15-25-24(32)26-23(30)21-17-29(19-9-7-6-8-10-19)27-22(21)18-11-13-20(31-3)14-12-18/h6-14,17H,4-5,15-16H2,1-3H3,(H2,25,26,30,32)/p+1. The third kappa shape index (κ3) is 5.93. The molecule has 0 spiro atoms. The van der Waals surface area contributed by atoms with Gasteiger partial charge >= 0.3 is 0 Å². The van der Waals surface area contributed by atoms with E-state index in [1.165, 1.54) is 4.90 Å². The van der Waals surface area contributed by atoms with Gasteiger partial charge in [0, 0.05) is 11.8 Å². The molecule has 1 heterocycles. The van der Waals surface area contributed by atoms with Crippen molar-refractivity contribution in [2.24, 2.45) is 0 Å². The molecule has 8 heteroatoms. The van der Waals surface area contributed by atoms with Gasteiger partial charge in [0.05, 0.1) is 44.5 Å². The Morgan fingerprint density at radius 2 is 1.78 bits per heavy atom. The molecule has 0 aliphatic carbocycles. The number of nitrogens with one attached hydrogen (secondary N) is 3. The van der Waals surface area contributed by atoms with Gasteiger partial charge in [-0.2, -0.15) is 5.10 Å². The summed E-state index contributed by atoms with van der Waals surface area (Å²) in [5.74, 6) is 0.439. The molecule has 0 saturated carbocycles. The van der Waals surface area contributed by atoms with Crippen LogP contribution in [0, 0.1) is 0 Å². The Bertz CT molecular complexity index is 1030. The van der Waals surface area contributed by atoms with Crippen molar-refractivity contribution in [1.29, 1.82) is 0 Å². The van der Waals surface area contributed by atoms with Gasteiger partial charge in [-0.1, -0.05) is 18.2 Å². The lowest BCUT2D eigenvalue weighted by Crippen LogP contribution is -3.12. The minimum Gasteiger partial charge on any atom is -0.497 e. The van der Waals surface area contributed by atoms with Crippen molar-refractivity contribution < 1.29 is 14.4 Å². The van der Waals surface area contributed by atoms with Crippen LogP contribution in [-0.4, -0.2) is 54.1 Å². The zero-order valence-corrected chi connectivity index (χ0v) is 19.5. The van der Waals surface area contributed by atoms with E-state index in [4.69, 9.17) is 22.1 Å². The number of methoxy groups -OCH3 is 1. The summed E-state index contributed by atoms with van der Waals surface area (Å²) < 4.78 is 6.95. The van der Waals surface area contributed by atoms with Crippen LogP contribution in [0.25, 0.3) is 16.9 Å². The summed E-state index contributed by atoms with van der Waals surface area (Å²) >= 11 is 5.35. The van der Waals surface area contributed by atoms with Crippen LogP contribution in [0.3, 0.4) is 0 Å². The molecule has 0 aliphatic heterocycles. The molecule has 0 unspecified atom stereocenters. The van der Waals surface area contributed by atoms with Gasteiger partial charge in [-0.15, -0.1) is 0 Å². The number of benzene rings is 2. The highest BCUT2D eigenvalue weighted by molar-refractivity contribution is 7.80. The fourth-order valence-corrected chi connectivity index (χ4v) is 3.58. The van der Waals surface area contributed by atoms with Gasteiger partial charge in [0.1, 0.15) is 11.4 Å². The van der Waals surface area contributed by atoms with E-state index in [1.54, 1.807) is 18.0 Å². The highest BCUT2D eigenvalue weighted by Gasteiger charge is 2.20. The Morgan fingerprint density at radius 3 is 2.41 bits per heavy atom. The maximum absolute atomic E-state index is 13.1. The average molecular weight is 453 g/mol. The zero-order chi connectivity index (χ0) is 22.9.